The molecule has 0 bridgehead atoms. The number of benzene rings is 2. The Morgan fingerprint density at radius 2 is 1.83 bits per heavy atom. The predicted molar refractivity (Wildman–Crippen MR) is 108 cm³/mol. The van der Waals surface area contributed by atoms with Gasteiger partial charge in [0.2, 0.25) is 11.8 Å². The van der Waals surface area contributed by atoms with Crippen LogP contribution in [0, 0.1) is 0 Å². The van der Waals surface area contributed by atoms with Crippen LogP contribution in [-0.4, -0.2) is 32.8 Å². The lowest BCUT2D eigenvalue weighted by Gasteiger charge is -2.11. The highest BCUT2D eigenvalue weighted by molar-refractivity contribution is 5.95. The van der Waals surface area contributed by atoms with Crippen LogP contribution in [0.2, 0.25) is 0 Å². The Bertz CT molecular complexity index is 1160. The average molecular weight is 391 g/mol. The number of fused-ring (bicyclic) bond motifs is 1. The molecule has 29 heavy (non-hydrogen) atoms. The molecular weight excluding hydrogens is 370 g/mol. The van der Waals surface area contributed by atoms with Crippen LogP contribution < -0.4 is 11.0 Å². The van der Waals surface area contributed by atoms with Crippen LogP contribution in [0.25, 0.3) is 11.1 Å². The molecule has 0 radical (unpaired) electrons. The molecule has 2 aromatic carbocycles. The second kappa shape index (κ2) is 7.43. The summed E-state index contributed by atoms with van der Waals surface area (Å²) >= 11 is 0. The number of rotatable bonds is 5. The number of aromatic nitrogens is 2. The Morgan fingerprint density at radius 3 is 2.55 bits per heavy atom. The van der Waals surface area contributed by atoms with Crippen LogP contribution in [0.3, 0.4) is 0 Å². The fourth-order valence-corrected chi connectivity index (χ4v) is 3.80. The number of nitrogens with one attached hydrogen (secondary N) is 3. The van der Waals surface area contributed by atoms with E-state index < -0.39 is 5.69 Å². The molecule has 0 saturated heterocycles. The summed E-state index contributed by atoms with van der Waals surface area (Å²) in [6.07, 6.45) is 1.34. The summed E-state index contributed by atoms with van der Waals surface area (Å²) in [6.45, 7) is 1.55. The largest absolute Gasteiger partial charge is 0.493 e. The lowest BCUT2D eigenvalue weighted by Crippen LogP contribution is -2.36. The van der Waals surface area contributed by atoms with E-state index in [-0.39, 0.29) is 35.7 Å². The number of imidazole rings is 1. The average Bonchev–Trinajstić information content (AvgIpc) is 3.22. The molecule has 1 unspecified atom stereocenters. The smallest absolute Gasteiger partial charge is 0.325 e. The van der Waals surface area contributed by atoms with E-state index in [0.717, 1.165) is 17.5 Å². The highest BCUT2D eigenvalue weighted by atomic mass is 16.3. The Hall–Kier alpha value is -3.61. The van der Waals surface area contributed by atoms with E-state index in [1.165, 1.54) is 11.1 Å². The number of aromatic hydroxyl groups is 1. The van der Waals surface area contributed by atoms with Crippen molar-refractivity contribution < 1.29 is 14.7 Å². The van der Waals surface area contributed by atoms with Gasteiger partial charge in [0, 0.05) is 11.6 Å². The monoisotopic (exact) mass is 391 g/mol. The number of hydrogen-bond donors (Lipinski definition) is 4. The first-order chi connectivity index (χ1) is 13.9. The van der Waals surface area contributed by atoms with Gasteiger partial charge >= 0.3 is 5.69 Å². The molecule has 0 aliphatic heterocycles. The molecule has 4 N–H and O–H groups in total. The van der Waals surface area contributed by atoms with Crippen molar-refractivity contribution in [2.75, 3.05) is 0 Å². The normalized spacial score (nSPS) is 15.1. The van der Waals surface area contributed by atoms with Crippen molar-refractivity contribution in [2.45, 2.75) is 32.2 Å². The molecule has 7 nitrogen and oxygen atoms in total. The van der Waals surface area contributed by atoms with Crippen molar-refractivity contribution in [3.8, 4) is 17.0 Å². The van der Waals surface area contributed by atoms with Gasteiger partial charge in [-0.1, -0.05) is 36.4 Å². The van der Waals surface area contributed by atoms with Crippen LogP contribution in [0.15, 0.2) is 47.3 Å². The van der Waals surface area contributed by atoms with Crippen molar-refractivity contribution in [1.82, 2.24) is 15.3 Å². The van der Waals surface area contributed by atoms with Crippen LogP contribution in [-0.2, 0) is 24.1 Å². The second-order valence-corrected chi connectivity index (χ2v) is 7.38. The predicted octanol–water partition coefficient (Wildman–Crippen LogP) is 2.10. The molecule has 1 heterocycles. The number of hydrogen-bond acceptors (Lipinski definition) is 4. The Morgan fingerprint density at radius 1 is 1.07 bits per heavy atom. The minimum absolute atomic E-state index is 0.0330. The van der Waals surface area contributed by atoms with E-state index in [9.17, 15) is 19.5 Å². The molecule has 1 aliphatic carbocycles. The maximum Gasteiger partial charge on any atom is 0.325 e. The van der Waals surface area contributed by atoms with Crippen molar-refractivity contribution in [2.24, 2.45) is 0 Å². The third-order valence-corrected chi connectivity index (χ3v) is 5.23. The standard InChI is InChI=1S/C22H21N3O4/c1-12(26)13-3-2-4-14(7-13)15-5-6-16-9-18(10-17(16)8-15)23-20(27)11-19-21(28)25-22(29)24-19/h2-8,18,28H,9-11H2,1H3,(H,23,27)(H2,24,25,29). The third kappa shape index (κ3) is 3.99. The van der Waals surface area contributed by atoms with Gasteiger partial charge in [-0.05, 0) is 48.1 Å². The minimum Gasteiger partial charge on any atom is -0.493 e. The number of carbonyl (C=O) groups excluding carboxylic acids is 2. The van der Waals surface area contributed by atoms with Gasteiger partial charge in [0.05, 0.1) is 12.1 Å². The third-order valence-electron chi connectivity index (χ3n) is 5.23. The molecule has 1 aromatic heterocycles. The zero-order valence-corrected chi connectivity index (χ0v) is 15.9. The van der Waals surface area contributed by atoms with Gasteiger partial charge < -0.3 is 15.4 Å². The molecule has 0 fully saturated rings. The van der Waals surface area contributed by atoms with Crippen molar-refractivity contribution >= 4 is 11.7 Å². The second-order valence-electron chi connectivity index (χ2n) is 7.38. The van der Waals surface area contributed by atoms with Gasteiger partial charge in [0.15, 0.2) is 5.78 Å². The van der Waals surface area contributed by atoms with Gasteiger partial charge in [0.1, 0.15) is 0 Å². The summed E-state index contributed by atoms with van der Waals surface area (Å²) in [7, 11) is 0. The number of carbonyl (C=O) groups is 2. The van der Waals surface area contributed by atoms with Gasteiger partial charge in [-0.15, -0.1) is 0 Å². The van der Waals surface area contributed by atoms with Gasteiger partial charge in [-0.3, -0.25) is 14.6 Å². The fourth-order valence-electron chi connectivity index (χ4n) is 3.80. The molecule has 1 aliphatic rings. The summed E-state index contributed by atoms with van der Waals surface area (Å²) < 4.78 is 0. The van der Waals surface area contributed by atoms with E-state index in [1.807, 2.05) is 24.3 Å². The minimum atomic E-state index is -0.542. The van der Waals surface area contributed by atoms with Crippen molar-refractivity contribution in [3.05, 3.63) is 75.3 Å². The zero-order valence-electron chi connectivity index (χ0n) is 15.9. The number of amides is 1. The van der Waals surface area contributed by atoms with E-state index in [0.29, 0.717) is 12.0 Å². The van der Waals surface area contributed by atoms with Gasteiger partial charge in [-0.2, -0.15) is 0 Å². The maximum atomic E-state index is 12.3. The molecule has 7 heteroatoms. The van der Waals surface area contributed by atoms with Crippen LogP contribution in [0.4, 0.5) is 0 Å². The number of aromatic amines is 2. The van der Waals surface area contributed by atoms with Crippen LogP contribution in [0.1, 0.15) is 34.1 Å². The maximum absolute atomic E-state index is 12.3. The molecule has 148 valence electrons. The first-order valence-electron chi connectivity index (χ1n) is 9.41. The van der Waals surface area contributed by atoms with E-state index in [1.54, 1.807) is 13.0 Å². The number of ketones is 1. The lowest BCUT2D eigenvalue weighted by atomic mass is 9.98. The molecule has 1 amide bonds. The molecule has 4 rings (SSSR count). The van der Waals surface area contributed by atoms with Crippen molar-refractivity contribution in [1.29, 1.82) is 0 Å². The first-order valence-corrected chi connectivity index (χ1v) is 9.41. The van der Waals surface area contributed by atoms with E-state index >= 15 is 0 Å². The van der Waals surface area contributed by atoms with Gasteiger partial charge in [-0.25, -0.2) is 4.79 Å². The van der Waals surface area contributed by atoms with Gasteiger partial charge in [0.25, 0.3) is 0 Å². The Balaban J connectivity index is 1.45. The lowest BCUT2D eigenvalue weighted by molar-refractivity contribution is -0.121. The summed E-state index contributed by atoms with van der Waals surface area (Å²) in [5.74, 6) is -0.536. The topological polar surface area (TPSA) is 115 Å². The summed E-state index contributed by atoms with van der Waals surface area (Å²) in [6, 6.07) is 13.7. The van der Waals surface area contributed by atoms with Crippen LogP contribution in [0.5, 0.6) is 5.88 Å². The SMILES string of the molecule is CC(=O)c1cccc(-c2ccc3c(c2)CC(NC(=O)Cc2[nH]c(=O)[nH]c2O)C3)c1. The molecule has 0 saturated carbocycles. The quantitative estimate of drug-likeness (QED) is 0.499. The highest BCUT2D eigenvalue weighted by Crippen LogP contribution is 2.29. The van der Waals surface area contributed by atoms with E-state index in [2.05, 4.69) is 27.4 Å². The zero-order chi connectivity index (χ0) is 20.5. The number of Topliss-reactive ketones (excluding diaryl/α,β-unsaturated/α-hetero) is 1. The van der Waals surface area contributed by atoms with E-state index in [4.69, 9.17) is 0 Å². The summed E-state index contributed by atoms with van der Waals surface area (Å²) in [5.41, 5.74) is 4.68. The molecule has 3 aromatic rings. The number of H-pyrrole nitrogens is 2. The highest BCUT2D eigenvalue weighted by Gasteiger charge is 2.24. The molecular formula is C22H21N3O4. The van der Waals surface area contributed by atoms with Crippen molar-refractivity contribution in [3.63, 3.8) is 0 Å². The Labute approximate surface area is 166 Å². The fraction of sp³-hybridized carbons (Fsp3) is 0.227. The first kappa shape index (κ1) is 18.7. The Kier molecular flexibility index (Phi) is 4.80. The van der Waals surface area contributed by atoms with Crippen LogP contribution >= 0.6 is 0 Å². The summed E-state index contributed by atoms with van der Waals surface area (Å²) in [4.78, 5) is 39.7. The summed E-state index contributed by atoms with van der Waals surface area (Å²) in [5, 5.41) is 12.6. The molecule has 1 atom stereocenters. The molecule has 0 spiro atoms.